The number of fused-ring (bicyclic) bond motifs is 1. The molecule has 0 fully saturated rings. The molecule has 0 saturated carbocycles. The molecule has 3 rings (SSSR count). The molecule has 17 heavy (non-hydrogen) atoms. The molecular weight excluding hydrogens is 208 g/mol. The highest BCUT2D eigenvalue weighted by Crippen LogP contribution is 2.39. The van der Waals surface area contributed by atoms with Gasteiger partial charge in [-0.15, -0.1) is 0 Å². The zero-order valence-corrected chi connectivity index (χ0v) is 9.43. The summed E-state index contributed by atoms with van der Waals surface area (Å²) in [6, 6.07) is 16.2. The second-order valence-corrected chi connectivity index (χ2v) is 4.38. The van der Waals surface area contributed by atoms with Crippen molar-refractivity contribution in [2.24, 2.45) is 5.73 Å². The van der Waals surface area contributed by atoms with E-state index in [-0.39, 0.29) is 5.92 Å². The van der Waals surface area contributed by atoms with Crippen LogP contribution in [0.25, 0.3) is 6.08 Å². The zero-order valence-electron chi connectivity index (χ0n) is 9.43. The van der Waals surface area contributed by atoms with Gasteiger partial charge in [0.05, 0.1) is 0 Å². The maximum absolute atomic E-state index is 6.13. The van der Waals surface area contributed by atoms with Gasteiger partial charge in [-0.05, 0) is 34.9 Å². The molecule has 0 aromatic heterocycles. The fourth-order valence-electron chi connectivity index (χ4n) is 2.43. The van der Waals surface area contributed by atoms with Crippen molar-refractivity contribution in [3.8, 4) is 0 Å². The summed E-state index contributed by atoms with van der Waals surface area (Å²) in [6.07, 6.45) is 2.03. The highest BCUT2D eigenvalue weighted by atomic mass is 14.6. The van der Waals surface area contributed by atoms with Crippen LogP contribution in [0.5, 0.6) is 0 Å². The highest BCUT2D eigenvalue weighted by molar-refractivity contribution is 5.70. The summed E-state index contributed by atoms with van der Waals surface area (Å²) in [7, 11) is 0. The molecule has 84 valence electrons. The van der Waals surface area contributed by atoms with Gasteiger partial charge in [0, 0.05) is 17.3 Å². The van der Waals surface area contributed by atoms with Crippen LogP contribution in [0.2, 0.25) is 0 Å². The van der Waals surface area contributed by atoms with Gasteiger partial charge in [0.15, 0.2) is 0 Å². The molecule has 0 bridgehead atoms. The summed E-state index contributed by atoms with van der Waals surface area (Å²) in [5.41, 5.74) is 17.2. The van der Waals surface area contributed by atoms with E-state index in [0.29, 0.717) is 0 Å². The van der Waals surface area contributed by atoms with E-state index in [9.17, 15) is 0 Å². The van der Waals surface area contributed by atoms with Crippen LogP contribution in [0.1, 0.15) is 22.6 Å². The van der Waals surface area contributed by atoms with Crippen molar-refractivity contribution in [1.29, 1.82) is 0 Å². The fraction of sp³-hybridized carbons (Fsp3) is 0.0667. The molecule has 2 aromatic carbocycles. The van der Waals surface area contributed by atoms with E-state index >= 15 is 0 Å². The smallest absolute Gasteiger partial charge is 0.0492 e. The Bertz CT molecular complexity index is 585. The molecule has 2 aromatic rings. The van der Waals surface area contributed by atoms with Gasteiger partial charge in [0.25, 0.3) is 0 Å². The van der Waals surface area contributed by atoms with Crippen molar-refractivity contribution in [2.45, 2.75) is 5.92 Å². The second kappa shape index (κ2) is 3.67. The Hall–Kier alpha value is -2.22. The van der Waals surface area contributed by atoms with Crippen molar-refractivity contribution < 1.29 is 0 Å². The summed E-state index contributed by atoms with van der Waals surface area (Å²) in [6.45, 7) is 0. The number of rotatable bonds is 1. The van der Waals surface area contributed by atoms with E-state index in [4.69, 9.17) is 11.5 Å². The Morgan fingerprint density at radius 3 is 2.41 bits per heavy atom. The van der Waals surface area contributed by atoms with Crippen LogP contribution in [0.15, 0.2) is 54.2 Å². The van der Waals surface area contributed by atoms with Gasteiger partial charge in [0.2, 0.25) is 0 Å². The van der Waals surface area contributed by atoms with Gasteiger partial charge in [-0.1, -0.05) is 36.4 Å². The van der Waals surface area contributed by atoms with Crippen molar-refractivity contribution in [3.63, 3.8) is 0 Å². The SMILES string of the molecule is NC1=Cc2ccc(N)cc2C1c1ccccc1. The minimum Gasteiger partial charge on any atom is -0.401 e. The molecular formula is C15H14N2. The van der Waals surface area contributed by atoms with Gasteiger partial charge in [-0.3, -0.25) is 0 Å². The maximum atomic E-state index is 6.13. The minimum absolute atomic E-state index is 0.148. The molecule has 2 nitrogen and oxygen atoms in total. The fourth-order valence-corrected chi connectivity index (χ4v) is 2.43. The second-order valence-electron chi connectivity index (χ2n) is 4.38. The Morgan fingerprint density at radius 1 is 0.882 bits per heavy atom. The zero-order chi connectivity index (χ0) is 11.8. The van der Waals surface area contributed by atoms with E-state index in [2.05, 4.69) is 12.1 Å². The molecule has 0 amide bonds. The van der Waals surface area contributed by atoms with E-state index in [1.165, 1.54) is 16.7 Å². The van der Waals surface area contributed by atoms with Crippen molar-refractivity contribution in [1.82, 2.24) is 0 Å². The Kier molecular flexibility index (Phi) is 2.15. The molecule has 0 radical (unpaired) electrons. The number of hydrogen-bond donors (Lipinski definition) is 2. The third-order valence-electron chi connectivity index (χ3n) is 3.21. The number of nitrogen functional groups attached to an aromatic ring is 1. The normalized spacial score (nSPS) is 17.6. The average molecular weight is 222 g/mol. The van der Waals surface area contributed by atoms with Crippen LogP contribution in [-0.2, 0) is 0 Å². The van der Waals surface area contributed by atoms with Gasteiger partial charge < -0.3 is 11.5 Å². The lowest BCUT2D eigenvalue weighted by molar-refractivity contribution is 0.960. The van der Waals surface area contributed by atoms with Crippen molar-refractivity contribution in [3.05, 3.63) is 70.9 Å². The molecule has 0 aliphatic heterocycles. The Morgan fingerprint density at radius 2 is 1.65 bits per heavy atom. The van der Waals surface area contributed by atoms with Gasteiger partial charge in [0.1, 0.15) is 0 Å². The largest absolute Gasteiger partial charge is 0.401 e. The highest BCUT2D eigenvalue weighted by Gasteiger charge is 2.24. The Balaban J connectivity index is 2.15. The summed E-state index contributed by atoms with van der Waals surface area (Å²) < 4.78 is 0. The predicted octanol–water partition coefficient (Wildman–Crippen LogP) is 2.71. The van der Waals surface area contributed by atoms with Crippen LogP contribution in [-0.4, -0.2) is 0 Å². The van der Waals surface area contributed by atoms with E-state index in [1.807, 2.05) is 42.5 Å². The molecule has 4 N–H and O–H groups in total. The maximum Gasteiger partial charge on any atom is 0.0492 e. The van der Waals surface area contributed by atoms with Crippen molar-refractivity contribution in [2.75, 3.05) is 5.73 Å². The lowest BCUT2D eigenvalue weighted by Crippen LogP contribution is -2.07. The number of allylic oxidation sites excluding steroid dienone is 1. The molecule has 2 heteroatoms. The topological polar surface area (TPSA) is 52.0 Å². The number of hydrogen-bond acceptors (Lipinski definition) is 2. The third kappa shape index (κ3) is 1.58. The van der Waals surface area contributed by atoms with Crippen LogP contribution >= 0.6 is 0 Å². The van der Waals surface area contributed by atoms with Crippen LogP contribution in [0, 0.1) is 0 Å². The van der Waals surface area contributed by atoms with Crippen molar-refractivity contribution >= 4 is 11.8 Å². The van der Waals surface area contributed by atoms with Crippen LogP contribution < -0.4 is 11.5 Å². The quantitative estimate of drug-likeness (QED) is 0.729. The molecule has 1 unspecified atom stereocenters. The summed E-state index contributed by atoms with van der Waals surface area (Å²) in [5.74, 6) is 0.148. The standard InChI is InChI=1S/C15H14N2/c16-12-7-6-11-8-14(17)15(13(11)9-12)10-4-2-1-3-5-10/h1-9,15H,16-17H2. The molecule has 1 atom stereocenters. The molecule has 0 saturated heterocycles. The number of nitrogens with two attached hydrogens (primary N) is 2. The molecule has 0 spiro atoms. The first-order chi connectivity index (χ1) is 8.25. The third-order valence-corrected chi connectivity index (χ3v) is 3.21. The van der Waals surface area contributed by atoms with Crippen LogP contribution in [0.4, 0.5) is 5.69 Å². The average Bonchev–Trinajstić information content (AvgIpc) is 2.65. The van der Waals surface area contributed by atoms with E-state index < -0.39 is 0 Å². The lowest BCUT2D eigenvalue weighted by atomic mass is 9.91. The van der Waals surface area contributed by atoms with Gasteiger partial charge in [-0.25, -0.2) is 0 Å². The first-order valence-corrected chi connectivity index (χ1v) is 5.67. The predicted molar refractivity (Wildman–Crippen MR) is 71.3 cm³/mol. The summed E-state index contributed by atoms with van der Waals surface area (Å²) in [5, 5.41) is 0. The Labute approximate surface area is 101 Å². The minimum atomic E-state index is 0.148. The summed E-state index contributed by atoms with van der Waals surface area (Å²) in [4.78, 5) is 0. The molecule has 1 aliphatic carbocycles. The summed E-state index contributed by atoms with van der Waals surface area (Å²) >= 11 is 0. The van der Waals surface area contributed by atoms with E-state index in [0.717, 1.165) is 11.4 Å². The molecule has 1 aliphatic rings. The lowest BCUT2D eigenvalue weighted by Gasteiger charge is -2.14. The van der Waals surface area contributed by atoms with Gasteiger partial charge in [-0.2, -0.15) is 0 Å². The van der Waals surface area contributed by atoms with Gasteiger partial charge >= 0.3 is 0 Å². The first kappa shape index (κ1) is 9.97. The number of benzene rings is 2. The number of anilines is 1. The van der Waals surface area contributed by atoms with Crippen LogP contribution in [0.3, 0.4) is 0 Å². The first-order valence-electron chi connectivity index (χ1n) is 5.67. The van der Waals surface area contributed by atoms with E-state index in [1.54, 1.807) is 0 Å². The monoisotopic (exact) mass is 222 g/mol. The molecule has 0 heterocycles.